The van der Waals surface area contributed by atoms with Gasteiger partial charge in [-0.2, -0.15) is 0 Å². The number of hydrogen-bond donors (Lipinski definition) is 1. The summed E-state index contributed by atoms with van der Waals surface area (Å²) in [5.41, 5.74) is 0.653. The summed E-state index contributed by atoms with van der Waals surface area (Å²) in [7, 11) is -2.90. The first kappa shape index (κ1) is 14.5. The van der Waals surface area contributed by atoms with Gasteiger partial charge in [0.15, 0.2) is 0 Å². The molecule has 0 aliphatic rings. The molecule has 0 aliphatic carbocycles. The molecule has 0 radical (unpaired) electrons. The van der Waals surface area contributed by atoms with Crippen LogP contribution in [0.3, 0.4) is 0 Å². The molecular weight excluding hydrogens is 258 g/mol. The van der Waals surface area contributed by atoms with E-state index in [0.717, 1.165) is 4.90 Å². The van der Waals surface area contributed by atoms with E-state index in [1.807, 2.05) is 13.0 Å². The van der Waals surface area contributed by atoms with Crippen molar-refractivity contribution in [1.29, 1.82) is 0 Å². The van der Waals surface area contributed by atoms with Gasteiger partial charge < -0.3 is 5.11 Å². The normalized spacial score (nSPS) is 13.6. The van der Waals surface area contributed by atoms with Crippen LogP contribution in [0.2, 0.25) is 0 Å². The lowest BCUT2D eigenvalue weighted by Crippen LogP contribution is -2.05. The first-order valence-electron chi connectivity index (χ1n) is 5.37. The van der Waals surface area contributed by atoms with Crippen molar-refractivity contribution in [2.45, 2.75) is 24.3 Å². The number of hydrogen-bond acceptors (Lipinski definition) is 5. The van der Waals surface area contributed by atoms with Gasteiger partial charge in [0.1, 0.15) is 9.84 Å². The maximum Gasteiger partial charge on any atom is 0.148 e. The molecule has 6 heteroatoms. The Hall–Kier alpha value is -0.590. The molecule has 0 saturated carbocycles. The van der Waals surface area contributed by atoms with Crippen molar-refractivity contribution >= 4 is 21.6 Å². The number of nitrogens with zero attached hydrogens (tertiary/aromatic N) is 1. The lowest BCUT2D eigenvalue weighted by Gasteiger charge is -2.07. The smallest absolute Gasteiger partial charge is 0.148 e. The van der Waals surface area contributed by atoms with Crippen LogP contribution in [-0.4, -0.2) is 36.3 Å². The van der Waals surface area contributed by atoms with Crippen molar-refractivity contribution in [1.82, 2.24) is 4.98 Å². The second-order valence-corrected chi connectivity index (χ2v) is 7.25. The topological polar surface area (TPSA) is 67.3 Å². The lowest BCUT2D eigenvalue weighted by molar-refractivity contribution is 0.169. The fraction of sp³-hybridized carbons (Fsp3) is 0.545. The van der Waals surface area contributed by atoms with Gasteiger partial charge in [0, 0.05) is 23.1 Å². The second-order valence-electron chi connectivity index (χ2n) is 3.82. The minimum Gasteiger partial charge on any atom is -0.387 e. The molecule has 0 spiro atoms. The summed E-state index contributed by atoms with van der Waals surface area (Å²) < 4.78 is 21.9. The van der Waals surface area contributed by atoms with E-state index in [0.29, 0.717) is 17.9 Å². The Morgan fingerprint density at radius 1 is 1.47 bits per heavy atom. The standard InChI is InChI=1S/C11H17NO3S2/c1-3-11(13)10-5-4-9(8-12-10)16-6-7-17(2,14)15/h4-5,8,11,13H,3,6-7H2,1-2H3. The number of aliphatic hydroxyl groups excluding tert-OH is 1. The van der Waals surface area contributed by atoms with E-state index in [2.05, 4.69) is 4.98 Å². The molecule has 1 atom stereocenters. The largest absolute Gasteiger partial charge is 0.387 e. The molecule has 0 amide bonds. The monoisotopic (exact) mass is 275 g/mol. The highest BCUT2D eigenvalue weighted by Gasteiger charge is 2.06. The van der Waals surface area contributed by atoms with E-state index in [4.69, 9.17) is 0 Å². The summed E-state index contributed by atoms with van der Waals surface area (Å²) in [6, 6.07) is 3.63. The summed E-state index contributed by atoms with van der Waals surface area (Å²) in [4.78, 5) is 5.06. The minimum absolute atomic E-state index is 0.164. The summed E-state index contributed by atoms with van der Waals surface area (Å²) in [5.74, 6) is 0.688. The molecule has 1 aromatic rings. The van der Waals surface area contributed by atoms with Gasteiger partial charge in [0.05, 0.1) is 17.6 Å². The van der Waals surface area contributed by atoms with Gasteiger partial charge in [-0.3, -0.25) is 4.98 Å². The summed E-state index contributed by atoms with van der Waals surface area (Å²) in [6.45, 7) is 1.89. The van der Waals surface area contributed by atoms with Gasteiger partial charge in [-0.1, -0.05) is 6.92 Å². The van der Waals surface area contributed by atoms with Crippen LogP contribution in [0.5, 0.6) is 0 Å². The number of rotatable bonds is 6. The minimum atomic E-state index is -2.90. The molecule has 1 unspecified atom stereocenters. The highest BCUT2D eigenvalue weighted by molar-refractivity contribution is 8.00. The Balaban J connectivity index is 2.51. The zero-order valence-electron chi connectivity index (χ0n) is 9.96. The lowest BCUT2D eigenvalue weighted by atomic mass is 10.2. The van der Waals surface area contributed by atoms with Crippen molar-refractivity contribution in [3.05, 3.63) is 24.0 Å². The Morgan fingerprint density at radius 3 is 2.65 bits per heavy atom. The van der Waals surface area contributed by atoms with Gasteiger partial charge in [-0.05, 0) is 18.6 Å². The van der Waals surface area contributed by atoms with Gasteiger partial charge >= 0.3 is 0 Å². The highest BCUT2D eigenvalue weighted by atomic mass is 32.2. The molecule has 0 fully saturated rings. The molecule has 0 bridgehead atoms. The molecule has 1 N–H and O–H groups in total. The zero-order chi connectivity index (χ0) is 12.9. The number of thioether (sulfide) groups is 1. The SMILES string of the molecule is CCC(O)c1ccc(SCCS(C)(=O)=O)cn1. The maximum absolute atomic E-state index is 10.9. The third-order valence-electron chi connectivity index (χ3n) is 2.21. The van der Waals surface area contributed by atoms with Crippen LogP contribution in [0.15, 0.2) is 23.2 Å². The Kier molecular flexibility index (Phi) is 5.42. The number of sulfone groups is 1. The van der Waals surface area contributed by atoms with Gasteiger partial charge in [-0.15, -0.1) is 11.8 Å². The van der Waals surface area contributed by atoms with E-state index < -0.39 is 15.9 Å². The van der Waals surface area contributed by atoms with Crippen molar-refractivity contribution in [3.63, 3.8) is 0 Å². The molecule has 1 heterocycles. The fourth-order valence-electron chi connectivity index (χ4n) is 1.19. The van der Waals surface area contributed by atoms with Crippen LogP contribution in [0.1, 0.15) is 25.1 Å². The number of pyridine rings is 1. The predicted molar refractivity (Wildman–Crippen MR) is 69.9 cm³/mol. The van der Waals surface area contributed by atoms with Crippen LogP contribution >= 0.6 is 11.8 Å². The van der Waals surface area contributed by atoms with Crippen LogP contribution in [0, 0.1) is 0 Å². The van der Waals surface area contributed by atoms with Crippen LogP contribution in [0.4, 0.5) is 0 Å². The Bertz CT molecular complexity index is 442. The quantitative estimate of drug-likeness (QED) is 0.800. The summed E-state index contributed by atoms with van der Waals surface area (Å²) >= 11 is 1.45. The van der Waals surface area contributed by atoms with Gasteiger partial charge in [-0.25, -0.2) is 8.42 Å². The van der Waals surface area contributed by atoms with Crippen molar-refractivity contribution in [2.24, 2.45) is 0 Å². The third kappa shape index (κ3) is 5.52. The molecule has 4 nitrogen and oxygen atoms in total. The molecule has 17 heavy (non-hydrogen) atoms. The second kappa shape index (κ2) is 6.37. The third-order valence-corrected chi connectivity index (χ3v) is 4.40. The molecular formula is C11H17NO3S2. The van der Waals surface area contributed by atoms with E-state index in [1.54, 1.807) is 12.3 Å². The van der Waals surface area contributed by atoms with E-state index in [9.17, 15) is 13.5 Å². The van der Waals surface area contributed by atoms with Crippen LogP contribution in [-0.2, 0) is 9.84 Å². The first-order chi connectivity index (χ1) is 7.92. The fourth-order valence-corrected chi connectivity index (χ4v) is 3.27. The average Bonchev–Trinajstić information content (AvgIpc) is 2.27. The first-order valence-corrected chi connectivity index (χ1v) is 8.41. The summed E-state index contributed by atoms with van der Waals surface area (Å²) in [6.07, 6.45) is 3.01. The molecule has 0 aliphatic heterocycles. The molecule has 96 valence electrons. The molecule has 0 aromatic carbocycles. The Labute approximate surface area is 106 Å². The molecule has 1 rings (SSSR count). The Morgan fingerprint density at radius 2 is 2.18 bits per heavy atom. The number of aromatic nitrogens is 1. The van der Waals surface area contributed by atoms with Crippen LogP contribution < -0.4 is 0 Å². The van der Waals surface area contributed by atoms with Gasteiger partial charge in [0.2, 0.25) is 0 Å². The van der Waals surface area contributed by atoms with E-state index in [1.165, 1.54) is 18.0 Å². The maximum atomic E-state index is 10.9. The van der Waals surface area contributed by atoms with Crippen molar-refractivity contribution < 1.29 is 13.5 Å². The zero-order valence-corrected chi connectivity index (χ0v) is 11.6. The van der Waals surface area contributed by atoms with Crippen molar-refractivity contribution in [3.8, 4) is 0 Å². The molecule has 0 saturated heterocycles. The number of aliphatic hydroxyl groups is 1. The average molecular weight is 275 g/mol. The van der Waals surface area contributed by atoms with E-state index in [-0.39, 0.29) is 5.75 Å². The van der Waals surface area contributed by atoms with Crippen LogP contribution in [0.25, 0.3) is 0 Å². The van der Waals surface area contributed by atoms with Crippen molar-refractivity contribution in [2.75, 3.05) is 17.8 Å². The predicted octanol–water partition coefficient (Wildman–Crippen LogP) is 1.66. The van der Waals surface area contributed by atoms with E-state index >= 15 is 0 Å². The highest BCUT2D eigenvalue weighted by Crippen LogP contribution is 2.20. The van der Waals surface area contributed by atoms with Gasteiger partial charge in [0.25, 0.3) is 0 Å². The summed E-state index contributed by atoms with van der Waals surface area (Å²) in [5, 5.41) is 9.55. The molecule has 1 aromatic heterocycles.